The number of amides is 4. The zero-order valence-corrected chi connectivity index (χ0v) is 15.9. The van der Waals surface area contributed by atoms with Crippen molar-refractivity contribution in [3.63, 3.8) is 0 Å². The largest absolute Gasteiger partial charge is 0.507 e. The van der Waals surface area contributed by atoms with Crippen molar-refractivity contribution >= 4 is 35.4 Å². The topological polar surface area (TPSA) is 125 Å². The zero-order chi connectivity index (χ0) is 20.5. The van der Waals surface area contributed by atoms with Crippen molar-refractivity contribution in [1.29, 1.82) is 0 Å². The van der Waals surface area contributed by atoms with Crippen LogP contribution in [-0.2, 0) is 14.3 Å². The van der Waals surface area contributed by atoms with Crippen molar-refractivity contribution in [2.45, 2.75) is 38.1 Å². The molecule has 3 rings (SSSR count). The number of phenols is 1. The van der Waals surface area contributed by atoms with Crippen LogP contribution in [0, 0.1) is 5.92 Å². The van der Waals surface area contributed by atoms with Gasteiger partial charge in [0.1, 0.15) is 16.9 Å². The molecule has 0 radical (unpaired) electrons. The van der Waals surface area contributed by atoms with Gasteiger partial charge in [0.25, 0.3) is 11.8 Å². The highest BCUT2D eigenvalue weighted by atomic mass is 35.5. The number of esters is 1. The van der Waals surface area contributed by atoms with E-state index in [1.807, 2.05) is 0 Å². The molecule has 3 N–H and O–H groups in total. The van der Waals surface area contributed by atoms with E-state index in [0.29, 0.717) is 23.8 Å². The Bertz CT molecular complexity index is 835. The molecule has 0 aromatic heterocycles. The number of halogens is 1. The lowest BCUT2D eigenvalue weighted by Gasteiger charge is -2.33. The van der Waals surface area contributed by atoms with Crippen LogP contribution in [0.1, 0.15) is 43.0 Å². The second-order valence-electron chi connectivity index (χ2n) is 7.11. The van der Waals surface area contributed by atoms with Gasteiger partial charge in [-0.25, -0.2) is 9.59 Å². The monoisotopic (exact) mass is 409 g/mol. The molecule has 1 spiro atoms. The van der Waals surface area contributed by atoms with E-state index >= 15 is 0 Å². The van der Waals surface area contributed by atoms with Gasteiger partial charge in [-0.05, 0) is 49.8 Å². The molecule has 4 amide bonds. The molecule has 1 saturated carbocycles. The predicted octanol–water partition coefficient (Wildman–Crippen LogP) is 1.73. The number of aromatic hydroxyl groups is 1. The average Bonchev–Trinajstić information content (AvgIpc) is 2.88. The molecule has 150 valence electrons. The van der Waals surface area contributed by atoms with Crippen LogP contribution in [0.3, 0.4) is 0 Å². The third-order valence-corrected chi connectivity index (χ3v) is 5.27. The third kappa shape index (κ3) is 3.89. The van der Waals surface area contributed by atoms with Crippen molar-refractivity contribution in [1.82, 2.24) is 15.8 Å². The number of urea groups is 1. The first-order chi connectivity index (χ1) is 13.2. The number of imide groups is 1. The van der Waals surface area contributed by atoms with Crippen molar-refractivity contribution < 1.29 is 29.0 Å². The number of benzene rings is 1. The maximum absolute atomic E-state index is 12.6. The maximum Gasteiger partial charge on any atom is 0.344 e. The van der Waals surface area contributed by atoms with E-state index in [4.69, 9.17) is 16.3 Å². The Morgan fingerprint density at radius 2 is 2.04 bits per heavy atom. The smallest absolute Gasteiger partial charge is 0.344 e. The molecule has 2 fully saturated rings. The number of hydrogen-bond acceptors (Lipinski definition) is 6. The van der Waals surface area contributed by atoms with E-state index in [0.717, 1.165) is 12.8 Å². The fourth-order valence-corrected chi connectivity index (χ4v) is 3.53. The van der Waals surface area contributed by atoms with Crippen LogP contribution in [0.2, 0.25) is 5.02 Å². The van der Waals surface area contributed by atoms with Gasteiger partial charge in [0.15, 0.2) is 6.61 Å². The van der Waals surface area contributed by atoms with E-state index < -0.39 is 36.0 Å². The number of hydrazine groups is 1. The van der Waals surface area contributed by atoms with Crippen molar-refractivity contribution in [2.75, 3.05) is 6.61 Å². The van der Waals surface area contributed by atoms with Gasteiger partial charge in [0.2, 0.25) is 0 Å². The second kappa shape index (κ2) is 7.67. The first kappa shape index (κ1) is 19.9. The molecule has 28 heavy (non-hydrogen) atoms. The minimum Gasteiger partial charge on any atom is -0.507 e. The van der Waals surface area contributed by atoms with Crippen LogP contribution in [0.5, 0.6) is 5.75 Å². The Morgan fingerprint density at radius 1 is 1.36 bits per heavy atom. The normalized spacial score (nSPS) is 24.2. The van der Waals surface area contributed by atoms with E-state index in [-0.39, 0.29) is 16.3 Å². The van der Waals surface area contributed by atoms with Crippen molar-refractivity contribution in [3.8, 4) is 5.75 Å². The van der Waals surface area contributed by atoms with Gasteiger partial charge < -0.3 is 15.2 Å². The summed E-state index contributed by atoms with van der Waals surface area (Å²) >= 11 is 5.76. The van der Waals surface area contributed by atoms with Gasteiger partial charge in [-0.15, -0.1) is 0 Å². The summed E-state index contributed by atoms with van der Waals surface area (Å²) in [5.74, 6) is -2.22. The summed E-state index contributed by atoms with van der Waals surface area (Å²) < 4.78 is 4.82. The van der Waals surface area contributed by atoms with Crippen LogP contribution < -0.4 is 10.7 Å². The van der Waals surface area contributed by atoms with E-state index in [1.165, 1.54) is 18.2 Å². The number of nitrogens with zero attached hydrogens (tertiary/aromatic N) is 1. The average molecular weight is 410 g/mol. The third-order valence-electron chi connectivity index (χ3n) is 5.04. The zero-order valence-electron chi connectivity index (χ0n) is 15.2. The highest BCUT2D eigenvalue weighted by Crippen LogP contribution is 2.35. The van der Waals surface area contributed by atoms with Crippen LogP contribution in [-0.4, -0.2) is 46.1 Å². The number of carbonyl (C=O) groups is 4. The molecule has 0 unspecified atom stereocenters. The first-order valence-electron chi connectivity index (χ1n) is 8.84. The van der Waals surface area contributed by atoms with Crippen LogP contribution >= 0.6 is 11.6 Å². The number of hydrogen-bond donors (Lipinski definition) is 3. The van der Waals surface area contributed by atoms with Gasteiger partial charge in [-0.3, -0.25) is 15.0 Å². The van der Waals surface area contributed by atoms with Gasteiger partial charge in [-0.1, -0.05) is 18.5 Å². The molecule has 1 aliphatic carbocycles. The molecule has 1 aromatic rings. The van der Waals surface area contributed by atoms with Crippen LogP contribution in [0.25, 0.3) is 0 Å². The van der Waals surface area contributed by atoms with Crippen molar-refractivity contribution in [3.05, 3.63) is 28.8 Å². The number of nitrogens with one attached hydrogen (secondary N) is 2. The summed E-state index contributed by atoms with van der Waals surface area (Å²) in [6, 6.07) is 3.09. The molecule has 0 atom stereocenters. The summed E-state index contributed by atoms with van der Waals surface area (Å²) in [6.45, 7) is 1.34. The highest BCUT2D eigenvalue weighted by Gasteiger charge is 2.52. The van der Waals surface area contributed by atoms with Gasteiger partial charge >= 0.3 is 12.0 Å². The lowest BCUT2D eigenvalue weighted by Crippen LogP contribution is -2.52. The molecule has 1 saturated heterocycles. The standard InChI is InChI=1S/C18H20ClN3O6/c1-10-4-6-18(7-5-10)16(26)22(17(27)20-18)21-14(24)9-28-15(25)12-8-11(19)2-3-13(12)23/h2-3,8,10,23H,4-7,9H2,1H3,(H,20,27)(H,21,24). The number of rotatable bonds is 4. The molecule has 0 bridgehead atoms. The minimum atomic E-state index is -0.986. The SMILES string of the molecule is CC1CCC2(CC1)NC(=O)N(NC(=O)COC(=O)c1cc(Cl)ccc1O)C2=O. The molecule has 1 aliphatic heterocycles. The summed E-state index contributed by atoms with van der Waals surface area (Å²) in [5.41, 5.74) is 0.972. The predicted molar refractivity (Wildman–Crippen MR) is 97.3 cm³/mol. The molecular formula is C18H20ClN3O6. The summed E-state index contributed by atoms with van der Waals surface area (Å²) in [7, 11) is 0. The molecule has 9 nitrogen and oxygen atoms in total. The van der Waals surface area contributed by atoms with Gasteiger partial charge in [-0.2, -0.15) is 5.01 Å². The van der Waals surface area contributed by atoms with E-state index in [1.54, 1.807) is 0 Å². The summed E-state index contributed by atoms with van der Waals surface area (Å²) in [5, 5.41) is 13.2. The van der Waals surface area contributed by atoms with E-state index in [9.17, 15) is 24.3 Å². The lowest BCUT2D eigenvalue weighted by molar-refractivity contribution is -0.141. The molecule has 1 aromatic carbocycles. The maximum atomic E-state index is 12.6. The lowest BCUT2D eigenvalue weighted by atomic mass is 9.77. The van der Waals surface area contributed by atoms with Crippen molar-refractivity contribution in [2.24, 2.45) is 5.92 Å². The second-order valence-corrected chi connectivity index (χ2v) is 7.54. The van der Waals surface area contributed by atoms with Gasteiger partial charge in [0.05, 0.1) is 0 Å². The Hall–Kier alpha value is -2.81. The fourth-order valence-electron chi connectivity index (χ4n) is 3.35. The Morgan fingerprint density at radius 3 is 2.71 bits per heavy atom. The molecule has 1 heterocycles. The summed E-state index contributed by atoms with van der Waals surface area (Å²) in [6.07, 6.45) is 2.62. The van der Waals surface area contributed by atoms with E-state index in [2.05, 4.69) is 17.7 Å². The number of ether oxygens (including phenoxy) is 1. The fraction of sp³-hybridized carbons (Fsp3) is 0.444. The highest BCUT2D eigenvalue weighted by molar-refractivity contribution is 6.31. The first-order valence-corrected chi connectivity index (χ1v) is 9.21. The quantitative estimate of drug-likeness (QED) is 0.513. The molecular weight excluding hydrogens is 390 g/mol. The minimum absolute atomic E-state index is 0.203. The number of phenolic OH excluding ortho intramolecular Hbond substituents is 1. The van der Waals surface area contributed by atoms with Gasteiger partial charge in [0, 0.05) is 5.02 Å². The Balaban J connectivity index is 1.57. The van der Waals surface area contributed by atoms with Crippen LogP contribution in [0.15, 0.2) is 18.2 Å². The Kier molecular flexibility index (Phi) is 5.46. The number of carbonyl (C=O) groups excluding carboxylic acids is 4. The Labute approximate surface area is 165 Å². The molecule has 10 heteroatoms. The molecule has 2 aliphatic rings. The van der Waals surface area contributed by atoms with Crippen LogP contribution in [0.4, 0.5) is 4.79 Å². The summed E-state index contributed by atoms with van der Waals surface area (Å²) in [4.78, 5) is 48.8.